The second-order valence-electron chi connectivity index (χ2n) is 10.1. The van der Waals surface area contributed by atoms with Crippen molar-refractivity contribution in [2.45, 2.75) is 37.4 Å². The number of ether oxygens (including phenoxy) is 2. The van der Waals surface area contributed by atoms with E-state index in [1.165, 1.54) is 0 Å². The summed E-state index contributed by atoms with van der Waals surface area (Å²) in [4.78, 5) is 26.7. The van der Waals surface area contributed by atoms with Crippen molar-refractivity contribution in [1.29, 1.82) is 0 Å². The van der Waals surface area contributed by atoms with E-state index in [1.54, 1.807) is 7.11 Å². The van der Waals surface area contributed by atoms with Crippen LogP contribution in [0.2, 0.25) is 0 Å². The van der Waals surface area contributed by atoms with Gasteiger partial charge >= 0.3 is 0 Å². The standard InChI is InChI=1S/C28H24N4O4/c1-28-25(35-3)15(29-2)12-18(36-28)31-16-10-6-4-8-13(16)19-21-22(27(34)30-26(21)33)20-14-9-5-7-11-17(14)32(28)24(20)23(19)31/h4-11,15,18,25,29H,12H2,1-3H3,(H,30,33,34)/t15-,18?,25-,28?/m0/s1. The molecule has 0 saturated carbocycles. The first-order valence-electron chi connectivity index (χ1n) is 12.3. The van der Waals surface area contributed by atoms with E-state index in [0.717, 1.165) is 43.6 Å². The van der Waals surface area contributed by atoms with Gasteiger partial charge in [0.05, 0.1) is 33.2 Å². The van der Waals surface area contributed by atoms with Gasteiger partial charge in [0.25, 0.3) is 11.8 Å². The highest BCUT2D eigenvalue weighted by atomic mass is 16.6. The van der Waals surface area contributed by atoms with E-state index in [4.69, 9.17) is 9.47 Å². The summed E-state index contributed by atoms with van der Waals surface area (Å²) in [6.45, 7) is 2.07. The molecule has 5 heterocycles. The van der Waals surface area contributed by atoms with Crippen molar-refractivity contribution in [3.63, 3.8) is 0 Å². The molecule has 5 aromatic rings. The van der Waals surface area contributed by atoms with Gasteiger partial charge in [0.15, 0.2) is 5.72 Å². The largest absolute Gasteiger partial charge is 0.375 e. The lowest BCUT2D eigenvalue weighted by Crippen LogP contribution is -2.59. The average molecular weight is 481 g/mol. The third kappa shape index (κ3) is 2.10. The molecule has 8 nitrogen and oxygen atoms in total. The van der Waals surface area contributed by atoms with Gasteiger partial charge in [0.2, 0.25) is 0 Å². The summed E-state index contributed by atoms with van der Waals surface area (Å²) in [5.41, 5.74) is 3.75. The third-order valence-electron chi connectivity index (χ3n) is 8.52. The van der Waals surface area contributed by atoms with Crippen LogP contribution >= 0.6 is 0 Å². The molecular weight excluding hydrogens is 456 g/mol. The second kappa shape index (κ2) is 6.53. The summed E-state index contributed by atoms with van der Waals surface area (Å²) in [6, 6.07) is 16.1. The van der Waals surface area contributed by atoms with Gasteiger partial charge in [-0.3, -0.25) is 14.9 Å². The molecule has 2 bridgehead atoms. The van der Waals surface area contributed by atoms with Gasteiger partial charge in [-0.2, -0.15) is 0 Å². The van der Waals surface area contributed by atoms with Crippen LogP contribution in [0.5, 0.6) is 0 Å². The molecule has 0 spiro atoms. The molecule has 2 unspecified atom stereocenters. The van der Waals surface area contributed by atoms with Gasteiger partial charge in [0.1, 0.15) is 12.3 Å². The molecule has 2 aromatic heterocycles. The predicted molar refractivity (Wildman–Crippen MR) is 136 cm³/mol. The topological polar surface area (TPSA) is 86.5 Å². The number of benzene rings is 3. The van der Waals surface area contributed by atoms with Crippen LogP contribution in [0.25, 0.3) is 43.6 Å². The van der Waals surface area contributed by atoms with Crippen LogP contribution in [0, 0.1) is 0 Å². The number of nitrogens with zero attached hydrogens (tertiary/aromatic N) is 2. The molecular formula is C28H24N4O4. The number of likely N-dealkylation sites (N-methyl/N-ethyl adjacent to an activating group) is 1. The van der Waals surface area contributed by atoms with Crippen molar-refractivity contribution in [2.75, 3.05) is 14.2 Å². The first kappa shape index (κ1) is 20.5. The highest BCUT2D eigenvalue weighted by molar-refractivity contribution is 6.39. The van der Waals surface area contributed by atoms with Crippen LogP contribution < -0.4 is 10.6 Å². The number of methoxy groups -OCH3 is 1. The van der Waals surface area contributed by atoms with Crippen LogP contribution in [0.15, 0.2) is 48.5 Å². The molecule has 1 fully saturated rings. The zero-order valence-electron chi connectivity index (χ0n) is 20.1. The Morgan fingerprint density at radius 3 is 2.25 bits per heavy atom. The summed E-state index contributed by atoms with van der Waals surface area (Å²) in [6.07, 6.45) is 0.0823. The van der Waals surface area contributed by atoms with Crippen LogP contribution in [-0.2, 0) is 15.2 Å². The number of carbonyl (C=O) groups is 2. The maximum atomic E-state index is 13.3. The van der Waals surface area contributed by atoms with Gasteiger partial charge in [-0.1, -0.05) is 36.4 Å². The number of hydrogen-bond acceptors (Lipinski definition) is 5. The van der Waals surface area contributed by atoms with Gasteiger partial charge in [-0.15, -0.1) is 0 Å². The zero-order valence-corrected chi connectivity index (χ0v) is 20.1. The molecule has 8 rings (SSSR count). The van der Waals surface area contributed by atoms with Crippen LogP contribution in [-0.4, -0.2) is 47.3 Å². The summed E-state index contributed by atoms with van der Waals surface area (Å²) >= 11 is 0. The summed E-state index contributed by atoms with van der Waals surface area (Å²) in [5.74, 6) is -0.704. The van der Waals surface area contributed by atoms with Gasteiger partial charge in [0, 0.05) is 41.1 Å². The lowest BCUT2D eigenvalue weighted by molar-refractivity contribution is -0.256. The van der Waals surface area contributed by atoms with Crippen LogP contribution in [0.4, 0.5) is 0 Å². The quantitative estimate of drug-likeness (QED) is 0.373. The highest BCUT2D eigenvalue weighted by Gasteiger charge is 2.53. The first-order chi connectivity index (χ1) is 17.5. The number of amides is 2. The molecule has 3 aromatic carbocycles. The Labute approximate surface area is 205 Å². The van der Waals surface area contributed by atoms with Crippen molar-refractivity contribution < 1.29 is 19.1 Å². The number of fused-ring (bicyclic) bond motifs is 13. The number of hydrogen-bond donors (Lipinski definition) is 2. The molecule has 0 aliphatic carbocycles. The minimum absolute atomic E-state index is 0.0114. The van der Waals surface area contributed by atoms with Gasteiger partial charge in [-0.05, 0) is 26.1 Å². The average Bonchev–Trinajstić information content (AvgIpc) is 3.48. The lowest BCUT2D eigenvalue weighted by Gasteiger charge is -2.48. The monoisotopic (exact) mass is 480 g/mol. The smallest absolute Gasteiger partial charge is 0.259 e. The molecule has 0 radical (unpaired) electrons. The second-order valence-corrected chi connectivity index (χ2v) is 10.1. The van der Waals surface area contributed by atoms with E-state index in [1.807, 2.05) is 43.4 Å². The summed E-state index contributed by atoms with van der Waals surface area (Å²) in [5, 5.41) is 9.49. The predicted octanol–water partition coefficient (Wildman–Crippen LogP) is 3.99. The number of imide groups is 1. The fourth-order valence-electron chi connectivity index (χ4n) is 7.25. The fraction of sp³-hybridized carbons (Fsp3) is 0.286. The molecule has 180 valence electrons. The molecule has 2 N–H and O–H groups in total. The van der Waals surface area contributed by atoms with E-state index in [0.29, 0.717) is 17.5 Å². The minimum atomic E-state index is -0.882. The number of aromatic nitrogens is 2. The zero-order chi connectivity index (χ0) is 24.5. The highest BCUT2D eigenvalue weighted by Crippen LogP contribution is 2.53. The van der Waals surface area contributed by atoms with Crippen LogP contribution in [0.1, 0.15) is 40.3 Å². The Morgan fingerprint density at radius 1 is 0.972 bits per heavy atom. The van der Waals surface area contributed by atoms with Crippen molar-refractivity contribution in [2.24, 2.45) is 0 Å². The number of rotatable bonds is 2. The Morgan fingerprint density at radius 2 is 1.58 bits per heavy atom. The van der Waals surface area contributed by atoms with Gasteiger partial charge in [-0.25, -0.2) is 0 Å². The minimum Gasteiger partial charge on any atom is -0.375 e. The molecule has 3 aliphatic rings. The van der Waals surface area contributed by atoms with Crippen LogP contribution in [0.3, 0.4) is 0 Å². The molecule has 1 saturated heterocycles. The van der Waals surface area contributed by atoms with E-state index in [-0.39, 0.29) is 30.2 Å². The Kier molecular flexibility index (Phi) is 3.71. The number of carbonyl (C=O) groups excluding carboxylic acids is 2. The van der Waals surface area contributed by atoms with E-state index >= 15 is 0 Å². The first-order valence-corrected chi connectivity index (χ1v) is 12.3. The molecule has 2 amide bonds. The van der Waals surface area contributed by atoms with E-state index in [9.17, 15) is 9.59 Å². The Hall–Kier alpha value is -3.72. The van der Waals surface area contributed by atoms with Crippen molar-refractivity contribution >= 4 is 55.4 Å². The number of nitrogens with one attached hydrogen (secondary N) is 2. The van der Waals surface area contributed by atoms with Crippen molar-refractivity contribution in [3.8, 4) is 0 Å². The lowest BCUT2D eigenvalue weighted by atomic mass is 9.93. The molecule has 4 atom stereocenters. The van der Waals surface area contributed by atoms with E-state index < -0.39 is 5.72 Å². The Bertz CT molecular complexity index is 1830. The summed E-state index contributed by atoms with van der Waals surface area (Å²) < 4.78 is 17.6. The Balaban J connectivity index is 1.74. The number of para-hydroxylation sites is 2. The third-order valence-corrected chi connectivity index (χ3v) is 8.52. The molecule has 36 heavy (non-hydrogen) atoms. The normalized spacial score (nSPS) is 26.9. The fourth-order valence-corrected chi connectivity index (χ4v) is 7.25. The molecule has 8 heteroatoms. The van der Waals surface area contributed by atoms with Gasteiger partial charge < -0.3 is 23.9 Å². The molecule has 3 aliphatic heterocycles. The maximum Gasteiger partial charge on any atom is 0.259 e. The summed E-state index contributed by atoms with van der Waals surface area (Å²) in [7, 11) is 3.67. The van der Waals surface area contributed by atoms with Crippen molar-refractivity contribution in [1.82, 2.24) is 19.8 Å². The van der Waals surface area contributed by atoms with Crippen molar-refractivity contribution in [3.05, 3.63) is 59.7 Å². The SMILES string of the molecule is CN[C@H]1CC2OC(C)([C@H]1OC)n1c3ccccc3c3c4c(c5c6ccccc6n2c5c31)C(=O)NC4=O. The van der Waals surface area contributed by atoms with E-state index in [2.05, 4.69) is 38.8 Å². The maximum absolute atomic E-state index is 13.3.